The molecule has 0 fully saturated rings. The summed E-state index contributed by atoms with van der Waals surface area (Å²) in [6.07, 6.45) is 0. The van der Waals surface area contributed by atoms with Crippen molar-refractivity contribution in [2.24, 2.45) is 0 Å². The van der Waals surface area contributed by atoms with E-state index in [4.69, 9.17) is 23.2 Å². The SMILES string of the molecule is O=C(Nc1ccccc1-c1ccc([N+](=O)[O-])cc1)c1cc(Cl)cc(Cl)c1. The number of para-hydroxylation sites is 1. The molecule has 26 heavy (non-hydrogen) atoms. The second kappa shape index (κ2) is 7.56. The standard InChI is InChI=1S/C19H12Cl2N2O3/c20-14-9-13(10-15(21)11-14)19(24)22-18-4-2-1-3-17(18)12-5-7-16(8-6-12)23(25)26/h1-11H,(H,22,24). The number of hydrogen-bond donors (Lipinski definition) is 1. The van der Waals surface area contributed by atoms with Crippen molar-refractivity contribution in [3.8, 4) is 11.1 Å². The summed E-state index contributed by atoms with van der Waals surface area (Å²) in [6.45, 7) is 0. The maximum atomic E-state index is 12.5. The van der Waals surface area contributed by atoms with Crippen molar-refractivity contribution in [3.05, 3.63) is 92.5 Å². The summed E-state index contributed by atoms with van der Waals surface area (Å²) in [6, 6.07) is 17.9. The number of nitrogens with zero attached hydrogens (tertiary/aromatic N) is 1. The molecule has 0 aromatic heterocycles. The number of nitrogens with one attached hydrogen (secondary N) is 1. The zero-order valence-corrected chi connectivity index (χ0v) is 14.8. The number of rotatable bonds is 4. The molecule has 7 heteroatoms. The first kappa shape index (κ1) is 17.9. The van der Waals surface area contributed by atoms with Crippen molar-refractivity contribution >= 4 is 40.5 Å². The lowest BCUT2D eigenvalue weighted by Crippen LogP contribution is -2.12. The van der Waals surface area contributed by atoms with Crippen LogP contribution in [0.4, 0.5) is 11.4 Å². The Hall–Kier alpha value is -2.89. The Morgan fingerprint density at radius 1 is 0.923 bits per heavy atom. The highest BCUT2D eigenvalue weighted by Crippen LogP contribution is 2.30. The lowest BCUT2D eigenvalue weighted by Gasteiger charge is -2.12. The minimum absolute atomic E-state index is 0.00355. The van der Waals surface area contributed by atoms with E-state index in [1.165, 1.54) is 24.3 Å². The van der Waals surface area contributed by atoms with Crippen LogP contribution in [-0.4, -0.2) is 10.8 Å². The molecule has 0 unspecified atom stereocenters. The summed E-state index contributed by atoms with van der Waals surface area (Å²) in [4.78, 5) is 22.9. The van der Waals surface area contributed by atoms with E-state index >= 15 is 0 Å². The van der Waals surface area contributed by atoms with E-state index in [-0.39, 0.29) is 11.6 Å². The Morgan fingerprint density at radius 2 is 1.54 bits per heavy atom. The third kappa shape index (κ3) is 4.02. The molecule has 0 aliphatic carbocycles. The third-order valence-electron chi connectivity index (χ3n) is 3.69. The number of non-ortho nitro benzene ring substituents is 1. The van der Waals surface area contributed by atoms with E-state index in [0.29, 0.717) is 21.3 Å². The van der Waals surface area contributed by atoms with Gasteiger partial charge in [0.1, 0.15) is 0 Å². The smallest absolute Gasteiger partial charge is 0.269 e. The van der Waals surface area contributed by atoms with Crippen LogP contribution in [-0.2, 0) is 0 Å². The summed E-state index contributed by atoms with van der Waals surface area (Å²) < 4.78 is 0. The fourth-order valence-corrected chi connectivity index (χ4v) is 3.01. The van der Waals surface area contributed by atoms with E-state index in [1.54, 1.807) is 30.3 Å². The van der Waals surface area contributed by atoms with Gasteiger partial charge in [0.05, 0.1) is 4.92 Å². The number of hydrogen-bond acceptors (Lipinski definition) is 3. The normalized spacial score (nSPS) is 10.4. The van der Waals surface area contributed by atoms with Crippen molar-refractivity contribution in [1.82, 2.24) is 0 Å². The van der Waals surface area contributed by atoms with Crippen LogP contribution in [0.5, 0.6) is 0 Å². The number of benzene rings is 3. The Bertz CT molecular complexity index is 968. The van der Waals surface area contributed by atoms with Crippen molar-refractivity contribution < 1.29 is 9.72 Å². The molecule has 130 valence electrons. The average molecular weight is 387 g/mol. The van der Waals surface area contributed by atoms with Crippen molar-refractivity contribution in [2.75, 3.05) is 5.32 Å². The minimum Gasteiger partial charge on any atom is -0.321 e. The lowest BCUT2D eigenvalue weighted by atomic mass is 10.0. The summed E-state index contributed by atoms with van der Waals surface area (Å²) in [5.41, 5.74) is 2.40. The number of nitro groups is 1. The number of nitro benzene ring substituents is 1. The first-order chi connectivity index (χ1) is 12.4. The van der Waals surface area contributed by atoms with Gasteiger partial charge in [0.15, 0.2) is 0 Å². The number of carbonyl (C=O) groups excluding carboxylic acids is 1. The van der Waals surface area contributed by atoms with Gasteiger partial charge in [-0.05, 0) is 42.0 Å². The van der Waals surface area contributed by atoms with E-state index < -0.39 is 4.92 Å². The molecule has 0 aliphatic heterocycles. The van der Waals surface area contributed by atoms with Crippen molar-refractivity contribution in [2.45, 2.75) is 0 Å². The molecule has 0 saturated heterocycles. The molecule has 0 aliphatic rings. The molecule has 0 bridgehead atoms. The van der Waals surface area contributed by atoms with Crippen LogP contribution in [0, 0.1) is 10.1 Å². The molecule has 0 atom stereocenters. The van der Waals surface area contributed by atoms with Gasteiger partial charge in [-0.15, -0.1) is 0 Å². The van der Waals surface area contributed by atoms with Crippen LogP contribution in [0.25, 0.3) is 11.1 Å². The van der Waals surface area contributed by atoms with Crippen LogP contribution in [0.1, 0.15) is 10.4 Å². The van der Waals surface area contributed by atoms with Gasteiger partial charge in [-0.25, -0.2) is 0 Å². The van der Waals surface area contributed by atoms with Gasteiger partial charge >= 0.3 is 0 Å². The van der Waals surface area contributed by atoms with Gasteiger partial charge in [-0.2, -0.15) is 0 Å². The fraction of sp³-hybridized carbons (Fsp3) is 0. The summed E-state index contributed by atoms with van der Waals surface area (Å²) >= 11 is 11.9. The zero-order chi connectivity index (χ0) is 18.7. The largest absolute Gasteiger partial charge is 0.321 e. The molecule has 3 aromatic carbocycles. The molecular weight excluding hydrogens is 375 g/mol. The quantitative estimate of drug-likeness (QED) is 0.453. The van der Waals surface area contributed by atoms with Gasteiger partial charge in [0.25, 0.3) is 11.6 Å². The van der Waals surface area contributed by atoms with Crippen LogP contribution in [0.3, 0.4) is 0 Å². The molecule has 3 aromatic rings. The molecule has 0 heterocycles. The van der Waals surface area contributed by atoms with Gasteiger partial charge in [0, 0.05) is 39.0 Å². The van der Waals surface area contributed by atoms with Crippen LogP contribution < -0.4 is 5.32 Å². The lowest BCUT2D eigenvalue weighted by molar-refractivity contribution is -0.384. The van der Waals surface area contributed by atoms with Crippen molar-refractivity contribution in [3.63, 3.8) is 0 Å². The van der Waals surface area contributed by atoms with Gasteiger partial charge in [0.2, 0.25) is 0 Å². The molecule has 5 nitrogen and oxygen atoms in total. The molecule has 0 radical (unpaired) electrons. The van der Waals surface area contributed by atoms with Crippen LogP contribution >= 0.6 is 23.2 Å². The fourth-order valence-electron chi connectivity index (χ4n) is 2.49. The molecular formula is C19H12Cl2N2O3. The number of carbonyl (C=O) groups is 1. The summed E-state index contributed by atoms with van der Waals surface area (Å²) in [7, 11) is 0. The van der Waals surface area contributed by atoms with Gasteiger partial charge in [-0.3, -0.25) is 14.9 Å². The highest BCUT2D eigenvalue weighted by molar-refractivity contribution is 6.35. The molecule has 1 N–H and O–H groups in total. The Labute approximate surface area is 159 Å². The molecule has 3 rings (SSSR count). The molecule has 0 saturated carbocycles. The number of halogens is 2. The molecule has 1 amide bonds. The number of anilines is 1. The highest BCUT2D eigenvalue weighted by Gasteiger charge is 2.12. The second-order valence-corrected chi connectivity index (χ2v) is 6.33. The number of amides is 1. The summed E-state index contributed by atoms with van der Waals surface area (Å²) in [5, 5.41) is 14.4. The average Bonchev–Trinajstić information content (AvgIpc) is 2.61. The zero-order valence-electron chi connectivity index (χ0n) is 13.3. The third-order valence-corrected chi connectivity index (χ3v) is 4.13. The van der Waals surface area contributed by atoms with E-state index in [2.05, 4.69) is 5.32 Å². The van der Waals surface area contributed by atoms with E-state index in [9.17, 15) is 14.9 Å². The van der Waals surface area contributed by atoms with Crippen LogP contribution in [0.15, 0.2) is 66.7 Å². The first-order valence-electron chi connectivity index (χ1n) is 7.55. The van der Waals surface area contributed by atoms with Gasteiger partial charge in [-0.1, -0.05) is 41.4 Å². The Kier molecular flexibility index (Phi) is 5.21. The maximum Gasteiger partial charge on any atom is 0.269 e. The highest BCUT2D eigenvalue weighted by atomic mass is 35.5. The van der Waals surface area contributed by atoms with E-state index in [0.717, 1.165) is 11.1 Å². The maximum absolute atomic E-state index is 12.5. The monoisotopic (exact) mass is 386 g/mol. The topological polar surface area (TPSA) is 72.2 Å². The Balaban J connectivity index is 1.92. The first-order valence-corrected chi connectivity index (χ1v) is 8.31. The van der Waals surface area contributed by atoms with Crippen molar-refractivity contribution in [1.29, 1.82) is 0 Å². The second-order valence-electron chi connectivity index (χ2n) is 5.46. The predicted octanol–water partition coefficient (Wildman–Crippen LogP) is 5.82. The van der Waals surface area contributed by atoms with E-state index in [1.807, 2.05) is 12.1 Å². The molecule has 0 spiro atoms. The van der Waals surface area contributed by atoms with Gasteiger partial charge < -0.3 is 5.32 Å². The Morgan fingerprint density at radius 3 is 2.15 bits per heavy atom. The minimum atomic E-state index is -0.458. The van der Waals surface area contributed by atoms with Crippen LogP contribution in [0.2, 0.25) is 10.0 Å². The predicted molar refractivity (Wildman–Crippen MR) is 103 cm³/mol. The summed E-state index contributed by atoms with van der Waals surface area (Å²) in [5.74, 6) is -0.358.